The predicted molar refractivity (Wildman–Crippen MR) is 92.9 cm³/mol. The minimum absolute atomic E-state index is 0.103. The van der Waals surface area contributed by atoms with Gasteiger partial charge in [-0.1, -0.05) is 26.7 Å². The molecule has 0 fully saturated rings. The molecule has 1 N–H and O–H groups in total. The number of hydrogen-bond donors (Lipinski definition) is 1. The van der Waals surface area contributed by atoms with Crippen LogP contribution in [0.5, 0.6) is 0 Å². The highest BCUT2D eigenvalue weighted by Gasteiger charge is 2.17. The minimum Gasteiger partial charge on any atom is -0.350 e. The summed E-state index contributed by atoms with van der Waals surface area (Å²) < 4.78 is 25.1. The van der Waals surface area contributed by atoms with Crippen molar-refractivity contribution in [3.63, 3.8) is 0 Å². The first-order valence-electron chi connectivity index (χ1n) is 7.98. The molecule has 0 aromatic heterocycles. The Morgan fingerprint density at radius 2 is 1.65 bits per heavy atom. The molecule has 1 amide bonds. The Balaban J connectivity index is 2.64. The van der Waals surface area contributed by atoms with Gasteiger partial charge in [0.15, 0.2) is 0 Å². The molecule has 0 bridgehead atoms. The lowest BCUT2D eigenvalue weighted by molar-refractivity contribution is 0.0937. The molecule has 0 unspecified atom stereocenters. The van der Waals surface area contributed by atoms with Gasteiger partial charge in [-0.2, -0.15) is 0 Å². The molecule has 0 aliphatic rings. The maximum absolute atomic E-state index is 12.2. The van der Waals surface area contributed by atoms with Crippen LogP contribution >= 0.6 is 0 Å². The number of carbonyl (C=O) groups is 1. The zero-order valence-corrected chi connectivity index (χ0v) is 15.5. The van der Waals surface area contributed by atoms with E-state index < -0.39 is 10.0 Å². The molecule has 1 atom stereocenters. The lowest BCUT2D eigenvalue weighted by Crippen LogP contribution is -2.32. The minimum atomic E-state index is -3.46. The van der Waals surface area contributed by atoms with Crippen LogP contribution in [0.4, 0.5) is 0 Å². The van der Waals surface area contributed by atoms with Crippen molar-refractivity contribution in [1.29, 1.82) is 0 Å². The molecule has 0 saturated heterocycles. The van der Waals surface area contributed by atoms with Crippen molar-refractivity contribution in [3.8, 4) is 0 Å². The summed E-state index contributed by atoms with van der Waals surface area (Å²) >= 11 is 0. The highest BCUT2D eigenvalue weighted by atomic mass is 32.2. The van der Waals surface area contributed by atoms with Crippen LogP contribution in [0.2, 0.25) is 0 Å². The number of sulfonamides is 1. The van der Waals surface area contributed by atoms with Crippen LogP contribution in [-0.2, 0) is 10.0 Å². The molecule has 5 nitrogen and oxygen atoms in total. The largest absolute Gasteiger partial charge is 0.350 e. The average Bonchev–Trinajstić information content (AvgIpc) is 2.46. The molecule has 130 valence electrons. The average molecular weight is 340 g/mol. The predicted octanol–water partition coefficient (Wildman–Crippen LogP) is 2.88. The van der Waals surface area contributed by atoms with Gasteiger partial charge in [-0.05, 0) is 43.5 Å². The Morgan fingerprint density at radius 1 is 1.09 bits per heavy atom. The fraction of sp³-hybridized carbons (Fsp3) is 0.588. The van der Waals surface area contributed by atoms with Crippen molar-refractivity contribution in [3.05, 3.63) is 29.8 Å². The molecular formula is C17H28N2O3S. The molecular weight excluding hydrogens is 312 g/mol. The van der Waals surface area contributed by atoms with Crippen LogP contribution in [0.1, 0.15) is 50.4 Å². The van der Waals surface area contributed by atoms with Gasteiger partial charge in [-0.15, -0.1) is 0 Å². The van der Waals surface area contributed by atoms with Crippen molar-refractivity contribution >= 4 is 15.9 Å². The first kappa shape index (κ1) is 19.6. The number of nitrogens with one attached hydrogen (secondary N) is 1. The van der Waals surface area contributed by atoms with E-state index in [4.69, 9.17) is 0 Å². The summed E-state index contributed by atoms with van der Waals surface area (Å²) in [6.45, 7) is 6.36. The third-order valence-corrected chi connectivity index (χ3v) is 5.52. The summed E-state index contributed by atoms with van der Waals surface area (Å²) in [6, 6.07) is 6.13. The van der Waals surface area contributed by atoms with E-state index >= 15 is 0 Å². The molecule has 23 heavy (non-hydrogen) atoms. The highest BCUT2D eigenvalue weighted by molar-refractivity contribution is 7.89. The summed E-state index contributed by atoms with van der Waals surface area (Å²) in [5, 5.41) is 2.95. The van der Waals surface area contributed by atoms with Crippen LogP contribution in [0.3, 0.4) is 0 Å². The molecule has 0 heterocycles. The molecule has 1 aromatic carbocycles. The quantitative estimate of drug-likeness (QED) is 0.791. The number of hydrogen-bond acceptors (Lipinski definition) is 3. The van der Waals surface area contributed by atoms with Crippen molar-refractivity contribution < 1.29 is 13.2 Å². The third-order valence-electron chi connectivity index (χ3n) is 3.69. The summed E-state index contributed by atoms with van der Waals surface area (Å²) in [5.41, 5.74) is 0.471. The van der Waals surface area contributed by atoms with Gasteiger partial charge < -0.3 is 5.32 Å². The Morgan fingerprint density at radius 3 is 2.13 bits per heavy atom. The summed E-state index contributed by atoms with van der Waals surface area (Å²) in [5.74, 6) is 0.500. The molecule has 1 aromatic rings. The number of carbonyl (C=O) groups excluding carboxylic acids is 1. The van der Waals surface area contributed by atoms with E-state index in [0.717, 1.165) is 23.6 Å². The molecule has 6 heteroatoms. The van der Waals surface area contributed by atoms with E-state index in [1.807, 2.05) is 6.92 Å². The van der Waals surface area contributed by atoms with Gasteiger partial charge in [-0.25, -0.2) is 12.7 Å². The van der Waals surface area contributed by atoms with E-state index in [0.29, 0.717) is 11.5 Å². The second-order valence-electron chi connectivity index (χ2n) is 6.51. The Kier molecular flexibility index (Phi) is 7.22. The fourth-order valence-electron chi connectivity index (χ4n) is 2.20. The van der Waals surface area contributed by atoms with Gasteiger partial charge in [0, 0.05) is 25.7 Å². The van der Waals surface area contributed by atoms with Crippen molar-refractivity contribution in [1.82, 2.24) is 9.62 Å². The summed E-state index contributed by atoms with van der Waals surface area (Å²) in [4.78, 5) is 12.4. The van der Waals surface area contributed by atoms with Gasteiger partial charge in [0.1, 0.15) is 0 Å². The number of amides is 1. The van der Waals surface area contributed by atoms with E-state index in [1.54, 1.807) is 12.1 Å². The molecule has 0 radical (unpaired) electrons. The zero-order valence-electron chi connectivity index (χ0n) is 14.7. The molecule has 0 aliphatic carbocycles. The SMILES string of the molecule is CC(C)CCC[C@@H](C)NC(=O)c1ccc(S(=O)(=O)N(C)C)cc1. The van der Waals surface area contributed by atoms with Crippen LogP contribution in [-0.4, -0.2) is 38.8 Å². The van der Waals surface area contributed by atoms with Gasteiger partial charge in [0.2, 0.25) is 10.0 Å². The van der Waals surface area contributed by atoms with E-state index in [2.05, 4.69) is 19.2 Å². The van der Waals surface area contributed by atoms with E-state index in [1.165, 1.54) is 26.2 Å². The first-order valence-corrected chi connectivity index (χ1v) is 9.42. The fourth-order valence-corrected chi connectivity index (χ4v) is 3.10. The number of benzene rings is 1. The lowest BCUT2D eigenvalue weighted by Gasteiger charge is -2.15. The Labute approximate surface area is 140 Å². The third kappa shape index (κ3) is 5.95. The maximum Gasteiger partial charge on any atom is 0.251 e. The van der Waals surface area contributed by atoms with Gasteiger partial charge in [-0.3, -0.25) is 4.79 Å². The summed E-state index contributed by atoms with van der Waals surface area (Å²) in [6.07, 6.45) is 3.17. The van der Waals surface area contributed by atoms with Gasteiger partial charge in [0.25, 0.3) is 5.91 Å². The van der Waals surface area contributed by atoms with E-state index in [9.17, 15) is 13.2 Å². The lowest BCUT2D eigenvalue weighted by atomic mass is 10.0. The molecule has 0 spiro atoms. The van der Waals surface area contributed by atoms with Gasteiger partial charge >= 0.3 is 0 Å². The Bertz CT molecular complexity index is 607. The van der Waals surface area contributed by atoms with Crippen molar-refractivity contribution in [2.75, 3.05) is 14.1 Å². The van der Waals surface area contributed by atoms with Crippen LogP contribution in [0.15, 0.2) is 29.2 Å². The normalized spacial score (nSPS) is 13.3. The van der Waals surface area contributed by atoms with E-state index in [-0.39, 0.29) is 16.8 Å². The first-order chi connectivity index (χ1) is 10.6. The highest BCUT2D eigenvalue weighted by Crippen LogP contribution is 2.14. The van der Waals surface area contributed by atoms with Crippen LogP contribution < -0.4 is 5.32 Å². The van der Waals surface area contributed by atoms with Crippen molar-refractivity contribution in [2.24, 2.45) is 5.92 Å². The smallest absolute Gasteiger partial charge is 0.251 e. The van der Waals surface area contributed by atoms with Gasteiger partial charge in [0.05, 0.1) is 4.90 Å². The number of rotatable bonds is 8. The molecule has 0 saturated carbocycles. The second kappa shape index (κ2) is 8.45. The molecule has 1 rings (SSSR count). The summed E-state index contributed by atoms with van der Waals surface area (Å²) in [7, 11) is -0.499. The standard InChI is InChI=1S/C17H28N2O3S/c1-13(2)7-6-8-14(3)18-17(20)15-9-11-16(12-10-15)23(21,22)19(4)5/h9-14H,6-8H2,1-5H3,(H,18,20)/t14-/m1/s1. The monoisotopic (exact) mass is 340 g/mol. The zero-order chi connectivity index (χ0) is 17.6. The second-order valence-corrected chi connectivity index (χ2v) is 8.66. The van der Waals surface area contributed by atoms with Crippen molar-refractivity contribution in [2.45, 2.75) is 51.0 Å². The maximum atomic E-state index is 12.2. The topological polar surface area (TPSA) is 66.5 Å². The number of nitrogens with zero attached hydrogens (tertiary/aromatic N) is 1. The van der Waals surface area contributed by atoms with Crippen LogP contribution in [0.25, 0.3) is 0 Å². The molecule has 0 aliphatic heterocycles. The van der Waals surface area contributed by atoms with Crippen LogP contribution in [0, 0.1) is 5.92 Å². The Hall–Kier alpha value is -1.40.